The molecule has 0 atom stereocenters. The first-order valence-electron chi connectivity index (χ1n) is 9.75. The molecule has 7 nitrogen and oxygen atoms in total. The zero-order chi connectivity index (χ0) is 21.1. The van der Waals surface area contributed by atoms with Gasteiger partial charge in [0.1, 0.15) is 5.69 Å². The monoisotopic (exact) mass is 440 g/mol. The molecule has 10 heteroatoms. The number of likely N-dealkylation sites (tertiary alicyclic amines) is 1. The fourth-order valence-electron chi connectivity index (χ4n) is 3.41. The molecule has 2 aromatic heterocycles. The molecule has 3 rings (SSSR count). The normalized spacial score (nSPS) is 15.7. The molecule has 2 amide bonds. The van der Waals surface area contributed by atoms with E-state index in [0.29, 0.717) is 11.6 Å². The molecule has 29 heavy (non-hydrogen) atoms. The van der Waals surface area contributed by atoms with Crippen molar-refractivity contribution in [1.82, 2.24) is 19.4 Å². The summed E-state index contributed by atoms with van der Waals surface area (Å²) >= 11 is 2.81. The summed E-state index contributed by atoms with van der Waals surface area (Å²) in [5.41, 5.74) is 1.22. The number of aromatic nitrogens is 2. The molecule has 160 valence electrons. The van der Waals surface area contributed by atoms with Crippen molar-refractivity contribution >= 4 is 40.9 Å². The van der Waals surface area contributed by atoms with Crippen LogP contribution in [0.5, 0.6) is 0 Å². The number of piperidine rings is 1. The minimum absolute atomic E-state index is 0.116. The van der Waals surface area contributed by atoms with Crippen LogP contribution in [-0.4, -0.2) is 46.9 Å². The van der Waals surface area contributed by atoms with Gasteiger partial charge < -0.3 is 10.2 Å². The van der Waals surface area contributed by atoms with Gasteiger partial charge in [0.05, 0.1) is 24.0 Å². The van der Waals surface area contributed by atoms with Crippen molar-refractivity contribution in [2.24, 2.45) is 7.05 Å². The van der Waals surface area contributed by atoms with Crippen molar-refractivity contribution in [2.45, 2.75) is 45.6 Å². The van der Waals surface area contributed by atoms with E-state index in [0.717, 1.165) is 53.5 Å². The fraction of sp³-hybridized carbons (Fsp3) is 0.579. The Morgan fingerprint density at radius 2 is 2.07 bits per heavy atom. The molecule has 0 radical (unpaired) electrons. The molecule has 3 heterocycles. The van der Waals surface area contributed by atoms with Crippen molar-refractivity contribution in [3.63, 3.8) is 0 Å². The second-order valence-electron chi connectivity index (χ2n) is 7.74. The Morgan fingerprint density at radius 3 is 2.66 bits per heavy atom. The number of aryl methyl sites for hydroxylation is 2. The van der Waals surface area contributed by atoms with Crippen LogP contribution >= 0.6 is 23.5 Å². The smallest absolute Gasteiger partial charge is 0.306 e. The highest BCUT2D eigenvalue weighted by Gasteiger charge is 2.28. The van der Waals surface area contributed by atoms with Crippen LogP contribution in [0.1, 0.15) is 42.4 Å². The number of hydrogen-bond donors (Lipinski definition) is 2. The van der Waals surface area contributed by atoms with Crippen LogP contribution in [0.3, 0.4) is 0 Å². The number of nitrogens with zero attached hydrogens (tertiary/aromatic N) is 4. The fourth-order valence-corrected chi connectivity index (χ4v) is 5.20. The lowest BCUT2D eigenvalue weighted by molar-refractivity contribution is 0.255. The SMILES string of the molecule is Cc1cc(NC(=O)NSN(c2cnn(C)c2F)C2CCN(C)CC2)c(C(C)C)s1. The van der Waals surface area contributed by atoms with Gasteiger partial charge in [-0.25, -0.2) is 9.48 Å². The van der Waals surface area contributed by atoms with E-state index in [1.165, 1.54) is 10.9 Å². The highest BCUT2D eigenvalue weighted by atomic mass is 32.2. The number of anilines is 2. The Hall–Kier alpha value is -1.78. The van der Waals surface area contributed by atoms with Gasteiger partial charge in [-0.05, 0) is 51.9 Å². The van der Waals surface area contributed by atoms with E-state index in [4.69, 9.17) is 0 Å². The Balaban J connectivity index is 1.70. The van der Waals surface area contributed by atoms with E-state index in [9.17, 15) is 9.18 Å². The number of nitrogens with one attached hydrogen (secondary N) is 2. The van der Waals surface area contributed by atoms with Crippen molar-refractivity contribution in [3.05, 3.63) is 28.0 Å². The Kier molecular flexibility index (Phi) is 7.07. The number of halogens is 1. The van der Waals surface area contributed by atoms with Gasteiger partial charge in [-0.15, -0.1) is 11.3 Å². The molecule has 0 aliphatic carbocycles. The predicted octanol–water partition coefficient (Wildman–Crippen LogP) is 4.34. The van der Waals surface area contributed by atoms with Crippen molar-refractivity contribution in [2.75, 3.05) is 29.8 Å². The van der Waals surface area contributed by atoms with E-state index >= 15 is 0 Å². The number of carbonyl (C=O) groups is 1. The molecule has 2 aromatic rings. The molecule has 1 fully saturated rings. The minimum atomic E-state index is -0.408. The van der Waals surface area contributed by atoms with Gasteiger partial charge in [0.25, 0.3) is 0 Å². The predicted molar refractivity (Wildman–Crippen MR) is 119 cm³/mol. The number of hydrogen-bond acceptors (Lipinski definition) is 6. The zero-order valence-corrected chi connectivity index (χ0v) is 19.2. The standard InChI is InChI=1S/C19H29FN6OS2/c1-12(2)17-15(10-13(3)28-17)22-19(27)23-29-26(14-6-8-24(4)9-7-14)16-11-21-25(5)18(16)20/h10-12,14H,6-9H2,1-5H3,(H2,22,23,27). The van der Waals surface area contributed by atoms with Crippen LogP contribution in [0.2, 0.25) is 0 Å². The van der Waals surface area contributed by atoms with E-state index in [2.05, 4.69) is 40.9 Å². The van der Waals surface area contributed by atoms with Gasteiger partial charge in [0, 0.05) is 22.8 Å². The topological polar surface area (TPSA) is 65.4 Å². The first kappa shape index (κ1) is 21.9. The summed E-state index contributed by atoms with van der Waals surface area (Å²) in [6.07, 6.45) is 3.30. The maximum atomic E-state index is 14.6. The van der Waals surface area contributed by atoms with Crippen molar-refractivity contribution in [3.8, 4) is 0 Å². The number of rotatable bonds is 6. The summed E-state index contributed by atoms with van der Waals surface area (Å²) in [4.78, 5) is 17.1. The molecular formula is C19H29FN6OS2. The largest absolute Gasteiger partial charge is 0.330 e. The lowest BCUT2D eigenvalue weighted by Gasteiger charge is -2.36. The molecule has 1 aliphatic heterocycles. The van der Waals surface area contributed by atoms with Crippen LogP contribution in [0.25, 0.3) is 0 Å². The Labute approximate surface area is 179 Å². The average Bonchev–Trinajstić information content (AvgIpc) is 3.20. The highest BCUT2D eigenvalue weighted by Crippen LogP contribution is 2.34. The van der Waals surface area contributed by atoms with Gasteiger partial charge in [-0.3, -0.25) is 9.03 Å². The quantitative estimate of drug-likeness (QED) is 0.654. The molecule has 0 bridgehead atoms. The summed E-state index contributed by atoms with van der Waals surface area (Å²) in [6.45, 7) is 8.11. The lowest BCUT2D eigenvalue weighted by Crippen LogP contribution is -2.43. The summed E-state index contributed by atoms with van der Waals surface area (Å²) in [5.74, 6) is -0.0777. The van der Waals surface area contributed by atoms with Crippen molar-refractivity contribution < 1.29 is 9.18 Å². The molecule has 0 aromatic carbocycles. The van der Waals surface area contributed by atoms with E-state index in [1.54, 1.807) is 18.4 Å². The summed E-state index contributed by atoms with van der Waals surface area (Å²) in [6, 6.07) is 1.78. The second kappa shape index (κ2) is 9.36. The maximum absolute atomic E-state index is 14.6. The van der Waals surface area contributed by atoms with Crippen molar-refractivity contribution in [1.29, 1.82) is 0 Å². The van der Waals surface area contributed by atoms with Gasteiger partial charge >= 0.3 is 6.03 Å². The second-order valence-corrected chi connectivity index (χ2v) is 9.81. The molecule has 0 saturated carbocycles. The van der Waals surface area contributed by atoms with Gasteiger partial charge in [-0.2, -0.15) is 9.49 Å². The molecule has 1 saturated heterocycles. The van der Waals surface area contributed by atoms with Crippen LogP contribution in [0.15, 0.2) is 12.3 Å². The Bertz CT molecular complexity index is 844. The Morgan fingerprint density at radius 1 is 1.38 bits per heavy atom. The van der Waals surface area contributed by atoms with Crippen LogP contribution < -0.4 is 14.3 Å². The number of amides is 2. The number of carbonyl (C=O) groups excluding carboxylic acids is 1. The van der Waals surface area contributed by atoms with Gasteiger partial charge in [0.15, 0.2) is 0 Å². The van der Waals surface area contributed by atoms with Gasteiger partial charge in [-0.1, -0.05) is 13.8 Å². The molecule has 0 unspecified atom stereocenters. The third kappa shape index (κ3) is 5.23. The minimum Gasteiger partial charge on any atom is -0.306 e. The highest BCUT2D eigenvalue weighted by molar-refractivity contribution is 7.99. The number of urea groups is 1. The summed E-state index contributed by atoms with van der Waals surface area (Å²) in [7, 11) is 3.65. The summed E-state index contributed by atoms with van der Waals surface area (Å²) < 4.78 is 20.5. The first-order chi connectivity index (χ1) is 13.8. The molecule has 2 N–H and O–H groups in total. The third-order valence-corrected chi connectivity index (χ3v) is 7.32. The van der Waals surface area contributed by atoms with E-state index in [1.807, 2.05) is 17.3 Å². The molecule has 1 aliphatic rings. The van der Waals surface area contributed by atoms with E-state index < -0.39 is 5.95 Å². The van der Waals surface area contributed by atoms with Crippen LogP contribution in [-0.2, 0) is 7.05 Å². The van der Waals surface area contributed by atoms with E-state index in [-0.39, 0.29) is 12.1 Å². The number of thiophene rings is 1. The molecular weight excluding hydrogens is 411 g/mol. The molecule has 0 spiro atoms. The lowest BCUT2D eigenvalue weighted by atomic mass is 10.1. The van der Waals surface area contributed by atoms with Crippen LogP contribution in [0, 0.1) is 12.9 Å². The average molecular weight is 441 g/mol. The zero-order valence-electron chi connectivity index (χ0n) is 17.5. The third-order valence-electron chi connectivity index (χ3n) is 5.00. The van der Waals surface area contributed by atoms with Gasteiger partial charge in [0.2, 0.25) is 5.95 Å². The van der Waals surface area contributed by atoms with Crippen LogP contribution in [0.4, 0.5) is 20.6 Å². The maximum Gasteiger partial charge on any atom is 0.330 e. The summed E-state index contributed by atoms with van der Waals surface area (Å²) in [5, 5.41) is 6.96. The first-order valence-corrected chi connectivity index (χ1v) is 11.3.